The summed E-state index contributed by atoms with van der Waals surface area (Å²) in [6.45, 7) is 15.8. The summed E-state index contributed by atoms with van der Waals surface area (Å²) in [5, 5.41) is 13.1. The van der Waals surface area contributed by atoms with E-state index in [9.17, 15) is 14.4 Å². The molecule has 0 saturated carbocycles. The lowest BCUT2D eigenvalue weighted by Gasteiger charge is -2.30. The van der Waals surface area contributed by atoms with Crippen LogP contribution in [0.3, 0.4) is 0 Å². The van der Waals surface area contributed by atoms with E-state index in [1.54, 1.807) is 33.3 Å². The van der Waals surface area contributed by atoms with Crippen LogP contribution in [0.1, 0.15) is 61.3 Å². The van der Waals surface area contributed by atoms with Gasteiger partial charge in [0.25, 0.3) is 5.91 Å². The van der Waals surface area contributed by atoms with Gasteiger partial charge in [-0.15, -0.1) is 0 Å². The fraction of sp³-hybridized carbons (Fsp3) is 0.600. The Morgan fingerprint density at radius 1 is 1.13 bits per heavy atom. The van der Waals surface area contributed by atoms with Crippen molar-refractivity contribution in [1.29, 1.82) is 0 Å². The molecule has 1 rings (SSSR count). The van der Waals surface area contributed by atoms with E-state index in [1.165, 1.54) is 11.6 Å². The number of allylic oxidation sites excluding steroid dienone is 6. The first-order valence-corrected chi connectivity index (χ1v) is 15.7. The number of amides is 2. The summed E-state index contributed by atoms with van der Waals surface area (Å²) in [5.74, 6) is 0.107. The number of nitrogens with one attached hydrogen (secondary N) is 2. The first-order chi connectivity index (χ1) is 21.5. The van der Waals surface area contributed by atoms with Crippen molar-refractivity contribution in [1.82, 2.24) is 15.5 Å². The second-order valence-corrected chi connectivity index (χ2v) is 12.4. The molecule has 5 N–H and O–H groups in total. The molecule has 11 nitrogen and oxygen atoms in total. The van der Waals surface area contributed by atoms with Crippen LogP contribution in [0.2, 0.25) is 0 Å². The number of hydrogen-bond donors (Lipinski definition) is 4. The molecule has 5 unspecified atom stereocenters. The van der Waals surface area contributed by atoms with Crippen molar-refractivity contribution in [2.45, 2.75) is 73.5 Å². The summed E-state index contributed by atoms with van der Waals surface area (Å²) in [7, 11) is 7.37. The number of likely N-dealkylation sites (N-methyl/N-ethyl adjacent to an activating group) is 1. The Balaban J connectivity index is 0.00000476. The van der Waals surface area contributed by atoms with Gasteiger partial charge in [0.15, 0.2) is 6.29 Å². The molecule has 0 aromatic rings. The summed E-state index contributed by atoms with van der Waals surface area (Å²) in [6.07, 6.45) is 9.43. The van der Waals surface area contributed by atoms with Crippen molar-refractivity contribution >= 4 is 24.1 Å². The van der Waals surface area contributed by atoms with Crippen LogP contribution in [-0.4, -0.2) is 87.7 Å². The number of methoxy groups -OCH3 is 2. The van der Waals surface area contributed by atoms with Crippen LogP contribution < -0.4 is 16.4 Å². The van der Waals surface area contributed by atoms with E-state index in [0.717, 1.165) is 18.5 Å². The predicted molar refractivity (Wildman–Crippen MR) is 183 cm³/mol. The SMILES string of the molecule is COC1/C=C\C=C(/C)C(=O)N/C(C=O)=C/C(=O)/C(NCCN(C)C)=C(\C)CC(C)CC(OC)C(C)[C@@H](C)/C=C(\C)C1C.NC(=O)O. The molecule has 1 aliphatic rings. The van der Waals surface area contributed by atoms with E-state index in [0.29, 0.717) is 30.5 Å². The summed E-state index contributed by atoms with van der Waals surface area (Å²) >= 11 is 0. The molecule has 6 atom stereocenters. The van der Waals surface area contributed by atoms with Crippen LogP contribution in [0.15, 0.2) is 58.5 Å². The van der Waals surface area contributed by atoms with E-state index in [-0.39, 0.29) is 47.4 Å². The number of carboxylic acid groups (broad SMARTS) is 1. The first-order valence-electron chi connectivity index (χ1n) is 15.7. The largest absolute Gasteiger partial charge is 0.465 e. The smallest absolute Gasteiger partial charge is 0.402 e. The van der Waals surface area contributed by atoms with E-state index >= 15 is 0 Å². The van der Waals surface area contributed by atoms with Crippen LogP contribution in [0.5, 0.6) is 0 Å². The molecule has 0 saturated heterocycles. The summed E-state index contributed by atoms with van der Waals surface area (Å²) < 4.78 is 11.8. The number of aldehydes is 1. The monoisotopic (exact) mass is 646 g/mol. The molecule has 11 heteroatoms. The van der Waals surface area contributed by atoms with Gasteiger partial charge in [-0.05, 0) is 71.0 Å². The van der Waals surface area contributed by atoms with Gasteiger partial charge in [0.2, 0.25) is 5.78 Å². The van der Waals surface area contributed by atoms with Crippen molar-refractivity contribution < 1.29 is 33.8 Å². The summed E-state index contributed by atoms with van der Waals surface area (Å²) in [4.78, 5) is 48.9. The van der Waals surface area contributed by atoms with Gasteiger partial charge >= 0.3 is 6.09 Å². The summed E-state index contributed by atoms with van der Waals surface area (Å²) in [5.41, 5.74) is 6.91. The minimum absolute atomic E-state index is 0.0418. The molecule has 0 radical (unpaired) electrons. The average Bonchev–Trinajstić information content (AvgIpc) is 2.97. The van der Waals surface area contributed by atoms with E-state index in [1.807, 2.05) is 32.0 Å². The lowest BCUT2D eigenvalue weighted by molar-refractivity contribution is -0.118. The number of carbonyl (C=O) groups excluding carboxylic acids is 3. The van der Waals surface area contributed by atoms with Gasteiger partial charge in [-0.3, -0.25) is 14.4 Å². The maximum atomic E-state index is 13.4. The molecule has 0 aromatic heterocycles. The molecular formula is C35H58N4O7. The third-order valence-corrected chi connectivity index (χ3v) is 8.23. The van der Waals surface area contributed by atoms with Gasteiger partial charge in [-0.1, -0.05) is 57.6 Å². The Kier molecular flexibility index (Phi) is 20.4. The van der Waals surface area contributed by atoms with Crippen LogP contribution in [0.4, 0.5) is 4.79 Å². The quantitative estimate of drug-likeness (QED) is 0.229. The first kappa shape index (κ1) is 42.5. The molecule has 0 spiro atoms. The van der Waals surface area contributed by atoms with Crippen LogP contribution in [-0.2, 0) is 23.9 Å². The standard InChI is InChI=1S/C34H55N3O5.CH3NO2/c1-22-17-26(5)33(35-15-16-37(8)9)30(39)20-29(21-38)36-34(40)23(2)13-12-14-31(41-10)27(6)24(3)19-25(4)28(7)32(18-22)42-11;2-1(3)4/h12-14,19-22,25,27-28,31-32,35H,15-18H2,1-11H3,(H,36,40);2H2,(H,3,4)/b14-12-,23-13+,24-19+,29-20+,33-26-;/t22?,25-,27?,28?,31?,32?;/m0./s1. The lowest BCUT2D eigenvalue weighted by atomic mass is 9.82. The number of carbonyl (C=O) groups is 4. The van der Waals surface area contributed by atoms with E-state index < -0.39 is 12.0 Å². The highest BCUT2D eigenvalue weighted by Gasteiger charge is 2.26. The minimum atomic E-state index is -1.33. The highest BCUT2D eigenvalue weighted by atomic mass is 16.5. The zero-order valence-electron chi connectivity index (χ0n) is 29.7. The van der Waals surface area contributed by atoms with Gasteiger partial charge in [0.1, 0.15) is 0 Å². The van der Waals surface area contributed by atoms with E-state index in [4.69, 9.17) is 19.4 Å². The van der Waals surface area contributed by atoms with Gasteiger partial charge < -0.3 is 35.8 Å². The maximum Gasteiger partial charge on any atom is 0.402 e. The van der Waals surface area contributed by atoms with Gasteiger partial charge in [0, 0.05) is 44.9 Å². The molecule has 0 fully saturated rings. The summed E-state index contributed by atoms with van der Waals surface area (Å²) in [6, 6.07) is 0. The van der Waals surface area contributed by atoms with Gasteiger partial charge in [-0.25, -0.2) is 4.79 Å². The molecule has 46 heavy (non-hydrogen) atoms. The highest BCUT2D eigenvalue weighted by molar-refractivity contribution is 6.08. The highest BCUT2D eigenvalue weighted by Crippen LogP contribution is 2.29. The number of primary amides is 1. The molecule has 1 aliphatic heterocycles. The van der Waals surface area contributed by atoms with Crippen molar-refractivity contribution in [3.8, 4) is 0 Å². The molecular weight excluding hydrogens is 588 g/mol. The maximum absolute atomic E-state index is 13.4. The van der Waals surface area contributed by atoms with Crippen molar-refractivity contribution in [2.24, 2.45) is 29.4 Å². The topological polar surface area (TPSA) is 160 Å². The number of rotatable bonds is 7. The molecule has 0 aromatic carbocycles. The average molecular weight is 647 g/mol. The van der Waals surface area contributed by atoms with Crippen LogP contribution >= 0.6 is 0 Å². The third kappa shape index (κ3) is 16.1. The van der Waals surface area contributed by atoms with E-state index in [2.05, 4.69) is 57.1 Å². The predicted octanol–water partition coefficient (Wildman–Crippen LogP) is 4.62. The van der Waals surface area contributed by atoms with Crippen LogP contribution in [0.25, 0.3) is 0 Å². The number of ether oxygens (including phenoxy) is 2. The Morgan fingerprint density at radius 2 is 1.74 bits per heavy atom. The fourth-order valence-electron chi connectivity index (χ4n) is 5.18. The molecule has 0 bridgehead atoms. The number of hydrogen-bond acceptors (Lipinski definition) is 8. The van der Waals surface area contributed by atoms with Gasteiger partial charge in [0.05, 0.1) is 23.6 Å². The van der Waals surface area contributed by atoms with Crippen molar-refractivity contribution in [3.05, 3.63) is 58.5 Å². The Morgan fingerprint density at radius 3 is 2.26 bits per heavy atom. The second-order valence-electron chi connectivity index (χ2n) is 12.4. The van der Waals surface area contributed by atoms with Crippen LogP contribution in [0, 0.1) is 23.7 Å². The fourth-order valence-corrected chi connectivity index (χ4v) is 5.18. The normalized spacial score (nSPS) is 31.7. The van der Waals surface area contributed by atoms with Crippen molar-refractivity contribution in [3.63, 3.8) is 0 Å². The Bertz CT molecular complexity index is 1170. The number of nitrogens with two attached hydrogens (primary N) is 1. The molecule has 260 valence electrons. The van der Waals surface area contributed by atoms with Gasteiger partial charge in [-0.2, -0.15) is 0 Å². The lowest BCUT2D eigenvalue weighted by Crippen LogP contribution is -2.31. The molecule has 0 aliphatic carbocycles. The number of ketones is 1. The Labute approximate surface area is 276 Å². The molecule has 1 heterocycles. The Hall–Kier alpha value is -3.54. The minimum Gasteiger partial charge on any atom is -0.465 e. The van der Waals surface area contributed by atoms with Crippen molar-refractivity contribution in [2.75, 3.05) is 41.4 Å². The third-order valence-electron chi connectivity index (χ3n) is 8.23. The molecule has 2 amide bonds. The zero-order valence-corrected chi connectivity index (χ0v) is 29.7. The second kappa shape index (κ2) is 22.1. The number of nitrogens with zero attached hydrogens (tertiary/aromatic N) is 1. The zero-order chi connectivity index (χ0) is 35.6.